The van der Waals surface area contributed by atoms with Gasteiger partial charge in [-0.3, -0.25) is 4.79 Å². The van der Waals surface area contributed by atoms with Crippen LogP contribution in [-0.4, -0.2) is 41.3 Å². The van der Waals surface area contributed by atoms with E-state index in [1.54, 1.807) is 4.90 Å². The lowest BCUT2D eigenvalue weighted by Crippen LogP contribution is -2.51. The first kappa shape index (κ1) is 22.8. The zero-order valence-corrected chi connectivity index (χ0v) is 18.5. The number of likely N-dealkylation sites (tertiary alicyclic amines) is 1. The van der Waals surface area contributed by atoms with Crippen LogP contribution < -0.4 is 0 Å². The molecule has 0 aromatic carbocycles. The van der Waals surface area contributed by atoms with Crippen LogP contribution in [-0.2, 0) is 14.3 Å². The van der Waals surface area contributed by atoms with Crippen molar-refractivity contribution in [1.82, 2.24) is 4.90 Å². The van der Waals surface area contributed by atoms with Gasteiger partial charge >= 0.3 is 12.1 Å². The van der Waals surface area contributed by atoms with E-state index in [4.69, 9.17) is 9.47 Å². The molecule has 0 aliphatic carbocycles. The van der Waals surface area contributed by atoms with E-state index < -0.39 is 16.6 Å². The topological polar surface area (TPSA) is 55.8 Å². The van der Waals surface area contributed by atoms with Gasteiger partial charge in [0.2, 0.25) is 0 Å². The summed E-state index contributed by atoms with van der Waals surface area (Å²) in [6, 6.07) is 0. The fraction of sp³-hybridized carbons (Fsp3) is 0.905. The Bertz CT molecular complexity index is 531. The summed E-state index contributed by atoms with van der Waals surface area (Å²) >= 11 is 0. The lowest BCUT2D eigenvalue weighted by atomic mass is 9.75. The molecule has 0 saturated carbocycles. The molecule has 1 atom stereocenters. The van der Waals surface area contributed by atoms with Gasteiger partial charge in [-0.15, -0.1) is 0 Å². The summed E-state index contributed by atoms with van der Waals surface area (Å²) in [4.78, 5) is 27.1. The van der Waals surface area contributed by atoms with E-state index in [-0.39, 0.29) is 23.4 Å². The highest BCUT2D eigenvalue weighted by Crippen LogP contribution is 2.43. The van der Waals surface area contributed by atoms with Crippen LogP contribution in [0.25, 0.3) is 0 Å². The SMILES string of the molecule is CCC(C)(C)C(=O)OC1(C(C)(C)C)CCN(C(=O)OC(C)(C)C(C)C)C1. The fourth-order valence-corrected chi connectivity index (χ4v) is 2.65. The van der Waals surface area contributed by atoms with Crippen LogP contribution in [0.5, 0.6) is 0 Å². The highest BCUT2D eigenvalue weighted by Gasteiger charge is 2.53. The third-order valence-corrected chi connectivity index (χ3v) is 6.32. The molecule has 1 amide bonds. The summed E-state index contributed by atoms with van der Waals surface area (Å²) in [5.41, 5.74) is -2.05. The van der Waals surface area contributed by atoms with Crippen molar-refractivity contribution in [2.75, 3.05) is 13.1 Å². The second-order valence-corrected chi connectivity index (χ2v) is 10.2. The Labute approximate surface area is 159 Å². The first-order valence-corrected chi connectivity index (χ1v) is 9.79. The van der Waals surface area contributed by atoms with Gasteiger partial charge in [-0.25, -0.2) is 4.79 Å². The monoisotopic (exact) mass is 369 g/mol. The van der Waals surface area contributed by atoms with Gasteiger partial charge in [-0.1, -0.05) is 41.5 Å². The molecule has 152 valence electrons. The minimum absolute atomic E-state index is 0.201. The second-order valence-electron chi connectivity index (χ2n) is 10.2. The normalized spacial score (nSPS) is 21.9. The van der Waals surface area contributed by atoms with Gasteiger partial charge < -0.3 is 14.4 Å². The molecule has 1 heterocycles. The van der Waals surface area contributed by atoms with Crippen molar-refractivity contribution in [1.29, 1.82) is 0 Å². The van der Waals surface area contributed by atoms with Gasteiger partial charge in [-0.2, -0.15) is 0 Å². The van der Waals surface area contributed by atoms with Crippen LogP contribution in [0.4, 0.5) is 4.79 Å². The number of hydrogen-bond acceptors (Lipinski definition) is 4. The highest BCUT2D eigenvalue weighted by molar-refractivity contribution is 5.76. The molecule has 1 saturated heterocycles. The molecule has 0 spiro atoms. The smallest absolute Gasteiger partial charge is 0.410 e. The van der Waals surface area contributed by atoms with Crippen molar-refractivity contribution in [3.8, 4) is 0 Å². The average Bonchev–Trinajstić information content (AvgIpc) is 2.92. The third-order valence-electron chi connectivity index (χ3n) is 6.32. The Morgan fingerprint density at radius 3 is 2.04 bits per heavy atom. The molecule has 0 aromatic heterocycles. The molecule has 0 N–H and O–H groups in total. The standard InChI is InChI=1S/C21H39NO4/c1-11-19(7,8)16(23)25-21(18(4,5)6)12-13-22(14-21)17(24)26-20(9,10)15(2)3/h15H,11-14H2,1-10H3. The van der Waals surface area contributed by atoms with Crippen LogP contribution in [0, 0.1) is 16.7 Å². The molecule has 1 aliphatic heterocycles. The van der Waals surface area contributed by atoms with E-state index in [9.17, 15) is 9.59 Å². The Hall–Kier alpha value is -1.26. The lowest BCUT2D eigenvalue weighted by Gasteiger charge is -2.42. The molecule has 26 heavy (non-hydrogen) atoms. The maximum Gasteiger partial charge on any atom is 0.410 e. The molecule has 0 aromatic rings. The molecule has 1 fully saturated rings. The Morgan fingerprint density at radius 1 is 1.08 bits per heavy atom. The quantitative estimate of drug-likeness (QED) is 0.638. The summed E-state index contributed by atoms with van der Waals surface area (Å²) in [5.74, 6) is 0.0114. The zero-order valence-electron chi connectivity index (χ0n) is 18.5. The van der Waals surface area contributed by atoms with Crippen LogP contribution in [0.2, 0.25) is 0 Å². The van der Waals surface area contributed by atoms with E-state index in [2.05, 4.69) is 20.8 Å². The number of carbonyl (C=O) groups excluding carboxylic acids is 2. The van der Waals surface area contributed by atoms with Gasteiger partial charge in [0, 0.05) is 18.4 Å². The summed E-state index contributed by atoms with van der Waals surface area (Å²) in [7, 11) is 0. The summed E-state index contributed by atoms with van der Waals surface area (Å²) in [6.07, 6.45) is 1.00. The van der Waals surface area contributed by atoms with E-state index in [0.717, 1.165) is 0 Å². The Balaban J connectivity index is 2.98. The molecule has 0 bridgehead atoms. The highest BCUT2D eigenvalue weighted by atomic mass is 16.6. The molecular weight excluding hydrogens is 330 g/mol. The van der Waals surface area contributed by atoms with Crippen molar-refractivity contribution >= 4 is 12.1 Å². The average molecular weight is 370 g/mol. The van der Waals surface area contributed by atoms with E-state index in [1.807, 2.05) is 48.5 Å². The van der Waals surface area contributed by atoms with Crippen molar-refractivity contribution in [3.63, 3.8) is 0 Å². The van der Waals surface area contributed by atoms with Crippen molar-refractivity contribution in [2.45, 2.75) is 93.3 Å². The van der Waals surface area contributed by atoms with Crippen LogP contribution in [0.15, 0.2) is 0 Å². The summed E-state index contributed by atoms with van der Waals surface area (Å²) in [5, 5.41) is 0. The molecule has 5 nitrogen and oxygen atoms in total. The van der Waals surface area contributed by atoms with Gasteiger partial charge in [0.25, 0.3) is 0 Å². The van der Waals surface area contributed by atoms with Gasteiger partial charge in [0.15, 0.2) is 0 Å². The van der Waals surface area contributed by atoms with E-state index >= 15 is 0 Å². The number of esters is 1. The minimum atomic E-state index is -0.697. The predicted molar refractivity (Wildman–Crippen MR) is 104 cm³/mol. The first-order chi connectivity index (χ1) is 11.6. The van der Waals surface area contributed by atoms with Crippen molar-refractivity contribution in [2.24, 2.45) is 16.7 Å². The Kier molecular flexibility index (Phi) is 6.48. The van der Waals surface area contributed by atoms with Gasteiger partial charge in [-0.05, 0) is 40.0 Å². The van der Waals surface area contributed by atoms with Crippen LogP contribution >= 0.6 is 0 Å². The number of hydrogen-bond donors (Lipinski definition) is 0. The van der Waals surface area contributed by atoms with Gasteiger partial charge in [0.1, 0.15) is 11.2 Å². The molecule has 1 unspecified atom stereocenters. The minimum Gasteiger partial charge on any atom is -0.456 e. The van der Waals surface area contributed by atoms with Crippen molar-refractivity contribution in [3.05, 3.63) is 0 Å². The fourth-order valence-electron chi connectivity index (χ4n) is 2.65. The van der Waals surface area contributed by atoms with E-state index in [1.165, 1.54) is 0 Å². The lowest BCUT2D eigenvalue weighted by molar-refractivity contribution is -0.182. The molecule has 1 rings (SSSR count). The molecular formula is C21H39NO4. The largest absolute Gasteiger partial charge is 0.456 e. The third kappa shape index (κ3) is 4.72. The predicted octanol–water partition coefficient (Wildman–Crippen LogP) is 5.03. The number of carbonyl (C=O) groups is 2. The number of amides is 1. The summed E-state index contributed by atoms with van der Waals surface area (Å²) < 4.78 is 11.8. The molecule has 5 heteroatoms. The summed E-state index contributed by atoms with van der Waals surface area (Å²) in [6.45, 7) is 20.8. The molecule has 0 radical (unpaired) electrons. The first-order valence-electron chi connectivity index (χ1n) is 9.79. The maximum atomic E-state index is 12.7. The van der Waals surface area contributed by atoms with Gasteiger partial charge in [0.05, 0.1) is 12.0 Å². The van der Waals surface area contributed by atoms with E-state index in [0.29, 0.717) is 25.9 Å². The number of rotatable bonds is 5. The van der Waals surface area contributed by atoms with Crippen LogP contribution in [0.3, 0.4) is 0 Å². The number of nitrogens with zero attached hydrogens (tertiary/aromatic N) is 1. The number of ether oxygens (including phenoxy) is 2. The maximum absolute atomic E-state index is 12.7. The molecule has 1 aliphatic rings. The van der Waals surface area contributed by atoms with Crippen LogP contribution in [0.1, 0.15) is 82.1 Å². The second kappa shape index (κ2) is 7.40. The van der Waals surface area contributed by atoms with Crippen molar-refractivity contribution < 1.29 is 19.1 Å². The Morgan fingerprint density at radius 2 is 1.62 bits per heavy atom. The zero-order chi connectivity index (χ0) is 20.6.